The molecule has 0 spiro atoms. The molecular formula is C25H21NO5S. The second kappa shape index (κ2) is 9.11. The van der Waals surface area contributed by atoms with E-state index in [2.05, 4.69) is 5.32 Å². The standard InChI is InChI=1S/C25H21NO5S/c1-15(27)26-12-13-31-20-9-4-16(5-10-20)24(30)23-21-11-8-19(29)14-22(21)32-25(23)17-2-6-18(28)7-3-17/h2-11,14,28-29H,12-13H2,1H3,(H,26,27). The second-order valence-corrected chi connectivity index (χ2v) is 8.27. The highest BCUT2D eigenvalue weighted by Crippen LogP contribution is 2.41. The van der Waals surface area contributed by atoms with Crippen molar-refractivity contribution in [2.75, 3.05) is 13.2 Å². The quantitative estimate of drug-likeness (QED) is 0.281. The second-order valence-electron chi connectivity index (χ2n) is 7.22. The van der Waals surface area contributed by atoms with E-state index in [-0.39, 0.29) is 23.2 Å². The van der Waals surface area contributed by atoms with Gasteiger partial charge in [0.1, 0.15) is 23.9 Å². The van der Waals surface area contributed by atoms with Gasteiger partial charge in [-0.05, 0) is 72.3 Å². The molecule has 3 N–H and O–H groups in total. The molecule has 0 aliphatic carbocycles. The predicted octanol–water partition coefficient (Wildman–Crippen LogP) is 4.73. The highest BCUT2D eigenvalue weighted by Gasteiger charge is 2.22. The number of phenols is 2. The largest absolute Gasteiger partial charge is 0.508 e. The molecule has 6 nitrogen and oxygen atoms in total. The van der Waals surface area contributed by atoms with Crippen LogP contribution < -0.4 is 10.1 Å². The first-order valence-electron chi connectivity index (χ1n) is 9.99. The minimum atomic E-state index is -0.144. The summed E-state index contributed by atoms with van der Waals surface area (Å²) in [7, 11) is 0. The van der Waals surface area contributed by atoms with E-state index in [1.165, 1.54) is 18.3 Å². The van der Waals surface area contributed by atoms with Gasteiger partial charge in [-0.3, -0.25) is 9.59 Å². The molecule has 0 unspecified atom stereocenters. The number of hydrogen-bond donors (Lipinski definition) is 3. The van der Waals surface area contributed by atoms with Crippen molar-refractivity contribution in [3.05, 3.63) is 77.9 Å². The van der Waals surface area contributed by atoms with Gasteiger partial charge in [-0.15, -0.1) is 11.3 Å². The SMILES string of the molecule is CC(=O)NCCOc1ccc(C(=O)c2c(-c3ccc(O)cc3)sc3cc(O)ccc23)cc1. The topological polar surface area (TPSA) is 95.9 Å². The molecule has 0 bridgehead atoms. The van der Waals surface area contributed by atoms with Crippen LogP contribution in [-0.2, 0) is 4.79 Å². The van der Waals surface area contributed by atoms with Crippen molar-refractivity contribution in [2.24, 2.45) is 0 Å². The Balaban J connectivity index is 1.66. The van der Waals surface area contributed by atoms with Crippen LogP contribution in [0.5, 0.6) is 17.2 Å². The molecule has 162 valence electrons. The van der Waals surface area contributed by atoms with Crippen LogP contribution in [0, 0.1) is 0 Å². The third kappa shape index (κ3) is 4.58. The number of nitrogens with one attached hydrogen (secondary N) is 1. The van der Waals surface area contributed by atoms with Crippen LogP contribution in [0.3, 0.4) is 0 Å². The van der Waals surface area contributed by atoms with E-state index in [1.807, 2.05) is 0 Å². The van der Waals surface area contributed by atoms with Crippen molar-refractivity contribution >= 4 is 33.1 Å². The molecule has 3 aromatic carbocycles. The molecule has 0 aliphatic rings. The number of aromatic hydroxyl groups is 2. The summed E-state index contributed by atoms with van der Waals surface area (Å²) in [5.74, 6) is 0.626. The average molecular weight is 448 g/mol. The molecule has 0 atom stereocenters. The van der Waals surface area contributed by atoms with Gasteiger partial charge < -0.3 is 20.3 Å². The molecule has 0 aliphatic heterocycles. The van der Waals surface area contributed by atoms with Gasteiger partial charge in [0.15, 0.2) is 5.78 Å². The number of thiophene rings is 1. The van der Waals surface area contributed by atoms with Crippen LogP contribution in [0.2, 0.25) is 0 Å². The van der Waals surface area contributed by atoms with Crippen LogP contribution >= 0.6 is 11.3 Å². The van der Waals surface area contributed by atoms with Crippen molar-refractivity contribution < 1.29 is 24.5 Å². The normalized spacial score (nSPS) is 10.8. The number of ketones is 1. The summed E-state index contributed by atoms with van der Waals surface area (Å²) in [5, 5.41) is 23.0. The number of phenolic OH excluding ortho intramolecular Hbond substituents is 2. The van der Waals surface area contributed by atoms with Crippen molar-refractivity contribution in [3.63, 3.8) is 0 Å². The number of ether oxygens (including phenoxy) is 1. The molecule has 7 heteroatoms. The van der Waals surface area contributed by atoms with E-state index in [0.717, 1.165) is 20.5 Å². The number of carbonyl (C=O) groups excluding carboxylic acids is 2. The maximum absolute atomic E-state index is 13.5. The van der Waals surface area contributed by atoms with Crippen molar-refractivity contribution in [1.82, 2.24) is 5.32 Å². The summed E-state index contributed by atoms with van der Waals surface area (Å²) in [5.41, 5.74) is 1.87. The Morgan fingerprint density at radius 2 is 1.62 bits per heavy atom. The lowest BCUT2D eigenvalue weighted by Crippen LogP contribution is -2.25. The number of carbonyl (C=O) groups is 2. The minimum Gasteiger partial charge on any atom is -0.508 e. The Morgan fingerprint density at radius 3 is 2.31 bits per heavy atom. The Morgan fingerprint density at radius 1 is 0.938 bits per heavy atom. The van der Waals surface area contributed by atoms with Crippen molar-refractivity contribution in [1.29, 1.82) is 0 Å². The molecule has 4 rings (SSSR count). The van der Waals surface area contributed by atoms with Gasteiger partial charge in [0.05, 0.1) is 6.54 Å². The highest BCUT2D eigenvalue weighted by atomic mass is 32.1. The van der Waals surface area contributed by atoms with Gasteiger partial charge in [-0.2, -0.15) is 0 Å². The first-order valence-corrected chi connectivity index (χ1v) is 10.8. The summed E-state index contributed by atoms with van der Waals surface area (Å²) >= 11 is 1.42. The van der Waals surface area contributed by atoms with Crippen LogP contribution in [0.1, 0.15) is 22.8 Å². The maximum Gasteiger partial charge on any atom is 0.216 e. The number of benzene rings is 3. The molecule has 32 heavy (non-hydrogen) atoms. The fourth-order valence-corrected chi connectivity index (χ4v) is 4.61. The van der Waals surface area contributed by atoms with E-state index in [9.17, 15) is 19.8 Å². The van der Waals surface area contributed by atoms with Crippen LogP contribution in [0.25, 0.3) is 20.5 Å². The van der Waals surface area contributed by atoms with Crippen LogP contribution in [0.15, 0.2) is 66.7 Å². The number of hydrogen-bond acceptors (Lipinski definition) is 6. The van der Waals surface area contributed by atoms with Gasteiger partial charge in [-0.1, -0.05) is 0 Å². The number of rotatable bonds is 7. The first-order chi connectivity index (χ1) is 15.4. The van der Waals surface area contributed by atoms with Crippen molar-refractivity contribution in [3.8, 4) is 27.7 Å². The number of fused-ring (bicyclic) bond motifs is 1. The summed E-state index contributed by atoms with van der Waals surface area (Å²) in [6.45, 7) is 2.18. The summed E-state index contributed by atoms with van der Waals surface area (Å²) in [4.78, 5) is 25.2. The highest BCUT2D eigenvalue weighted by molar-refractivity contribution is 7.22. The third-order valence-electron chi connectivity index (χ3n) is 4.89. The lowest BCUT2D eigenvalue weighted by atomic mass is 9.97. The smallest absolute Gasteiger partial charge is 0.216 e. The fraction of sp³-hybridized carbons (Fsp3) is 0.120. The van der Waals surface area contributed by atoms with E-state index in [4.69, 9.17) is 4.74 Å². The Hall–Kier alpha value is -3.84. The minimum absolute atomic E-state index is 0.115. The van der Waals surface area contributed by atoms with Gasteiger partial charge >= 0.3 is 0 Å². The average Bonchev–Trinajstić information content (AvgIpc) is 3.15. The van der Waals surface area contributed by atoms with Gasteiger partial charge in [-0.25, -0.2) is 0 Å². The lowest BCUT2D eigenvalue weighted by molar-refractivity contribution is -0.119. The lowest BCUT2D eigenvalue weighted by Gasteiger charge is -2.08. The molecule has 0 saturated heterocycles. The van der Waals surface area contributed by atoms with Gasteiger partial charge in [0, 0.05) is 33.0 Å². The van der Waals surface area contributed by atoms with Crippen molar-refractivity contribution in [2.45, 2.75) is 6.92 Å². The molecule has 1 amide bonds. The van der Waals surface area contributed by atoms with Crippen LogP contribution in [-0.4, -0.2) is 35.1 Å². The molecular weight excluding hydrogens is 426 g/mol. The zero-order chi connectivity index (χ0) is 22.7. The Labute approximate surface area is 188 Å². The van der Waals surface area contributed by atoms with E-state index in [1.54, 1.807) is 66.7 Å². The summed E-state index contributed by atoms with van der Waals surface area (Å²) in [6.07, 6.45) is 0. The van der Waals surface area contributed by atoms with E-state index in [0.29, 0.717) is 30.0 Å². The molecule has 1 aromatic heterocycles. The van der Waals surface area contributed by atoms with Gasteiger partial charge in [0.25, 0.3) is 0 Å². The Bertz CT molecular complexity index is 1280. The predicted molar refractivity (Wildman–Crippen MR) is 125 cm³/mol. The van der Waals surface area contributed by atoms with E-state index >= 15 is 0 Å². The molecule has 1 heterocycles. The number of amides is 1. The Kier molecular flexibility index (Phi) is 6.09. The molecule has 0 fully saturated rings. The first kappa shape index (κ1) is 21.4. The molecule has 0 radical (unpaired) electrons. The zero-order valence-corrected chi connectivity index (χ0v) is 18.1. The third-order valence-corrected chi connectivity index (χ3v) is 6.09. The zero-order valence-electron chi connectivity index (χ0n) is 17.3. The van der Waals surface area contributed by atoms with Gasteiger partial charge in [0.2, 0.25) is 5.91 Å². The maximum atomic E-state index is 13.5. The summed E-state index contributed by atoms with van der Waals surface area (Å²) in [6, 6.07) is 18.5. The van der Waals surface area contributed by atoms with Crippen LogP contribution in [0.4, 0.5) is 0 Å². The fourth-order valence-electron chi connectivity index (χ4n) is 3.37. The monoisotopic (exact) mass is 447 g/mol. The molecule has 0 saturated carbocycles. The molecule has 4 aromatic rings. The summed E-state index contributed by atoms with van der Waals surface area (Å²) < 4.78 is 6.39. The van der Waals surface area contributed by atoms with E-state index < -0.39 is 0 Å².